The van der Waals surface area contributed by atoms with E-state index in [-0.39, 0.29) is 12.3 Å². The second-order valence-corrected chi connectivity index (χ2v) is 15.6. The highest BCUT2D eigenvalue weighted by molar-refractivity contribution is 5.92. The van der Waals surface area contributed by atoms with Gasteiger partial charge in [-0.15, -0.1) is 0 Å². The van der Waals surface area contributed by atoms with Crippen molar-refractivity contribution in [2.24, 2.45) is 5.92 Å². The number of nitrogens with zero attached hydrogens (tertiary/aromatic N) is 7. The third kappa shape index (κ3) is 8.30. The van der Waals surface area contributed by atoms with Gasteiger partial charge < -0.3 is 19.3 Å². The highest BCUT2D eigenvalue weighted by atomic mass is 16.6. The van der Waals surface area contributed by atoms with Gasteiger partial charge >= 0.3 is 6.09 Å². The molecule has 2 unspecified atom stereocenters. The van der Waals surface area contributed by atoms with E-state index in [1.165, 1.54) is 29.4 Å². The number of hydrogen-bond acceptors (Lipinski definition) is 7. The summed E-state index contributed by atoms with van der Waals surface area (Å²) in [5.41, 5.74) is 5.51. The number of amides is 1. The van der Waals surface area contributed by atoms with Crippen molar-refractivity contribution in [2.45, 2.75) is 90.0 Å². The van der Waals surface area contributed by atoms with Crippen molar-refractivity contribution < 1.29 is 14.3 Å². The molecule has 0 radical (unpaired) electrons. The number of carbonyl (C=O) groups is 1. The molecule has 7 rings (SSSR count). The summed E-state index contributed by atoms with van der Waals surface area (Å²) >= 11 is 0. The summed E-state index contributed by atoms with van der Waals surface area (Å²) in [5.74, 6) is 0.640. The Morgan fingerprint density at radius 2 is 1.84 bits per heavy atom. The number of piperazine rings is 1. The van der Waals surface area contributed by atoms with E-state index in [4.69, 9.17) is 19.7 Å². The number of benzene rings is 1. The summed E-state index contributed by atoms with van der Waals surface area (Å²) in [6, 6.07) is 7.36. The summed E-state index contributed by atoms with van der Waals surface area (Å²) in [4.78, 5) is 19.3. The Morgan fingerprint density at radius 1 is 1.02 bits per heavy atom. The predicted molar refractivity (Wildman–Crippen MR) is 195 cm³/mol. The Morgan fingerprint density at radius 3 is 2.55 bits per heavy atom. The van der Waals surface area contributed by atoms with Crippen LogP contribution in [0.15, 0.2) is 36.7 Å². The number of carbonyl (C=O) groups excluding carboxylic acids is 1. The van der Waals surface area contributed by atoms with Crippen molar-refractivity contribution >= 4 is 34.7 Å². The van der Waals surface area contributed by atoms with Crippen molar-refractivity contribution in [3.63, 3.8) is 0 Å². The molecule has 2 aromatic heterocycles. The Kier molecular flexibility index (Phi) is 10.3. The molecule has 2 atom stereocenters. The van der Waals surface area contributed by atoms with Crippen molar-refractivity contribution in [1.82, 2.24) is 34.3 Å². The first-order valence-electron chi connectivity index (χ1n) is 18.6. The lowest BCUT2D eigenvalue weighted by atomic mass is 9.86. The van der Waals surface area contributed by atoms with Gasteiger partial charge in [-0.05, 0) is 134 Å². The molecule has 4 aliphatic rings. The second kappa shape index (κ2) is 14.8. The van der Waals surface area contributed by atoms with Crippen molar-refractivity contribution in [3.8, 4) is 0 Å². The van der Waals surface area contributed by atoms with Crippen LogP contribution in [0.3, 0.4) is 0 Å². The molecule has 10 nitrogen and oxygen atoms in total. The lowest BCUT2D eigenvalue weighted by Gasteiger charge is -2.37. The minimum Gasteiger partial charge on any atom is -0.444 e. The number of likely N-dealkylation sites (tertiary alicyclic amines) is 1. The molecule has 1 amide bonds. The fourth-order valence-electron chi connectivity index (χ4n) is 7.82. The van der Waals surface area contributed by atoms with E-state index in [1.54, 1.807) is 0 Å². The van der Waals surface area contributed by atoms with E-state index >= 15 is 0 Å². The third-order valence-corrected chi connectivity index (χ3v) is 10.7. The average molecular weight is 670 g/mol. The van der Waals surface area contributed by atoms with Gasteiger partial charge in [0.05, 0.1) is 23.4 Å². The van der Waals surface area contributed by atoms with Gasteiger partial charge in [-0.25, -0.2) is 9.48 Å². The molecule has 0 N–H and O–H groups in total. The van der Waals surface area contributed by atoms with Gasteiger partial charge in [0, 0.05) is 56.5 Å². The average Bonchev–Trinajstić information content (AvgIpc) is 3.73. The van der Waals surface area contributed by atoms with E-state index in [0.29, 0.717) is 12.0 Å². The molecule has 49 heavy (non-hydrogen) atoms. The van der Waals surface area contributed by atoms with E-state index < -0.39 is 5.60 Å². The topological polar surface area (TPSA) is 80.9 Å². The van der Waals surface area contributed by atoms with Crippen LogP contribution in [-0.2, 0) is 9.47 Å². The maximum atomic E-state index is 12.5. The highest BCUT2D eigenvalue weighted by Gasteiger charge is 2.28. The largest absolute Gasteiger partial charge is 0.444 e. The van der Waals surface area contributed by atoms with E-state index in [0.717, 1.165) is 108 Å². The first-order valence-corrected chi connectivity index (χ1v) is 18.6. The number of piperidine rings is 1. The van der Waals surface area contributed by atoms with Crippen LogP contribution < -0.4 is 0 Å². The molecule has 3 aliphatic heterocycles. The van der Waals surface area contributed by atoms with Crippen LogP contribution in [0.5, 0.6) is 0 Å². The summed E-state index contributed by atoms with van der Waals surface area (Å²) in [7, 11) is 2.20. The van der Waals surface area contributed by atoms with Gasteiger partial charge in [0.25, 0.3) is 0 Å². The molecule has 10 heteroatoms. The Balaban J connectivity index is 1.03. The number of hydrogen-bond donors (Lipinski definition) is 0. The second-order valence-electron chi connectivity index (χ2n) is 15.6. The summed E-state index contributed by atoms with van der Waals surface area (Å²) in [5, 5.41) is 11.1. The van der Waals surface area contributed by atoms with Gasteiger partial charge in [-0.2, -0.15) is 10.2 Å². The van der Waals surface area contributed by atoms with Gasteiger partial charge in [-0.1, -0.05) is 12.1 Å². The molecule has 3 fully saturated rings. The molecule has 0 spiro atoms. The highest BCUT2D eigenvalue weighted by Crippen LogP contribution is 2.35. The molecule has 0 saturated carbocycles. The predicted octanol–water partition coefficient (Wildman–Crippen LogP) is 7.11. The van der Waals surface area contributed by atoms with Crippen molar-refractivity contribution in [2.75, 3.05) is 59.5 Å². The van der Waals surface area contributed by atoms with E-state index in [2.05, 4.69) is 68.8 Å². The lowest BCUT2D eigenvalue weighted by molar-refractivity contribution is -0.0367. The maximum Gasteiger partial charge on any atom is 0.410 e. The lowest BCUT2D eigenvalue weighted by Crippen LogP contribution is -2.50. The van der Waals surface area contributed by atoms with Gasteiger partial charge in [-0.3, -0.25) is 9.58 Å². The van der Waals surface area contributed by atoms with E-state index in [9.17, 15) is 4.79 Å². The first-order chi connectivity index (χ1) is 23.7. The SMILES string of the molecule is CN1CCC(n2cc(/C=C/c3nn(C4CCCCO4)c4ccc(C5=CCC(CN6CCN(C(=O)OC(C)(C)C)CC6)CC5)cc34)cn2)CC1. The molecule has 3 saturated heterocycles. The van der Waals surface area contributed by atoms with Crippen LogP contribution in [0.4, 0.5) is 4.79 Å². The molecule has 264 valence electrons. The zero-order valence-electron chi connectivity index (χ0n) is 30.0. The standard InChI is InChI=1S/C39H55N7O3/c1-39(2,3)49-38(47)44-22-20-43(21-23-44)27-29-8-11-31(12-9-29)32-13-15-36-34(25-32)35(41-46(36)37-7-5-6-24-48-37)14-10-30-26-40-45(28-30)33-16-18-42(4)19-17-33/h10-11,13-15,25-26,28-29,33,37H,5-9,12,16-24,27H2,1-4H3/b14-10+. The fraction of sp³-hybridized carbons (Fsp3) is 0.615. The van der Waals surface area contributed by atoms with Gasteiger partial charge in [0.15, 0.2) is 6.23 Å². The zero-order valence-corrected chi connectivity index (χ0v) is 30.0. The fourth-order valence-corrected chi connectivity index (χ4v) is 7.82. The molecule has 0 bridgehead atoms. The summed E-state index contributed by atoms with van der Waals surface area (Å²) < 4.78 is 16.1. The Bertz CT molecular complexity index is 1640. The van der Waals surface area contributed by atoms with E-state index in [1.807, 2.05) is 31.9 Å². The van der Waals surface area contributed by atoms with Crippen molar-refractivity contribution in [1.29, 1.82) is 0 Å². The molecule has 3 aromatic rings. The number of ether oxygens (including phenoxy) is 2. The molecule has 5 heterocycles. The first kappa shape index (κ1) is 34.0. The number of allylic oxidation sites excluding steroid dienone is 2. The maximum absolute atomic E-state index is 12.5. The summed E-state index contributed by atoms with van der Waals surface area (Å²) in [6.45, 7) is 13.2. The van der Waals surface area contributed by atoms with Crippen molar-refractivity contribution in [3.05, 3.63) is 53.5 Å². The Hall–Kier alpha value is -3.47. The van der Waals surface area contributed by atoms with Crippen LogP contribution >= 0.6 is 0 Å². The minimum atomic E-state index is -0.454. The minimum absolute atomic E-state index is 0.0166. The molecular formula is C39H55N7O3. The molecule has 1 aliphatic carbocycles. The molecule has 1 aromatic carbocycles. The van der Waals surface area contributed by atoms with Gasteiger partial charge in [0.1, 0.15) is 5.60 Å². The van der Waals surface area contributed by atoms with Crippen LogP contribution in [0.2, 0.25) is 0 Å². The molecular weight excluding hydrogens is 614 g/mol. The quantitative estimate of drug-likeness (QED) is 0.265. The van der Waals surface area contributed by atoms with Crippen LogP contribution in [0, 0.1) is 5.92 Å². The van der Waals surface area contributed by atoms with Crippen LogP contribution in [0.1, 0.15) is 101 Å². The number of rotatable bonds is 7. The van der Waals surface area contributed by atoms with Gasteiger partial charge in [0.2, 0.25) is 0 Å². The normalized spacial score (nSPS) is 23.8. The smallest absolute Gasteiger partial charge is 0.410 e. The zero-order chi connectivity index (χ0) is 34.0. The monoisotopic (exact) mass is 669 g/mol. The number of aromatic nitrogens is 4. The Labute approximate surface area is 291 Å². The number of fused-ring (bicyclic) bond motifs is 1. The van der Waals surface area contributed by atoms with Crippen LogP contribution in [0.25, 0.3) is 28.6 Å². The van der Waals surface area contributed by atoms with Crippen LogP contribution in [-0.4, -0.2) is 105 Å². The summed E-state index contributed by atoms with van der Waals surface area (Å²) in [6.07, 6.45) is 19.7. The third-order valence-electron chi connectivity index (χ3n) is 10.7.